The first-order valence-electron chi connectivity index (χ1n) is 7.31. The van der Waals surface area contributed by atoms with Crippen molar-refractivity contribution in [3.05, 3.63) is 34.3 Å². The van der Waals surface area contributed by atoms with Gasteiger partial charge in [-0.1, -0.05) is 11.6 Å². The number of likely N-dealkylation sites (tertiary alicyclic amines) is 1. The van der Waals surface area contributed by atoms with E-state index in [9.17, 15) is 9.59 Å². The number of hydrogen-bond donors (Lipinski definition) is 1. The SMILES string of the molecule is Cc1cc(Cl)cc(C(=O)N2CCC3(CC2)CNC(=O)C3)c1. The van der Waals surface area contributed by atoms with Crippen molar-refractivity contribution in [3.8, 4) is 0 Å². The fourth-order valence-electron chi connectivity index (χ4n) is 3.33. The molecule has 1 aromatic rings. The average molecular weight is 307 g/mol. The Bertz CT molecular complexity index is 572. The molecule has 0 unspecified atom stereocenters. The van der Waals surface area contributed by atoms with Crippen LogP contribution < -0.4 is 5.32 Å². The van der Waals surface area contributed by atoms with Gasteiger partial charge in [0, 0.05) is 36.6 Å². The van der Waals surface area contributed by atoms with E-state index in [2.05, 4.69) is 5.32 Å². The number of amides is 2. The zero-order chi connectivity index (χ0) is 15.0. The Morgan fingerprint density at radius 1 is 1.29 bits per heavy atom. The maximum absolute atomic E-state index is 12.6. The third-order valence-electron chi connectivity index (χ3n) is 4.60. The van der Waals surface area contributed by atoms with E-state index in [1.807, 2.05) is 24.0 Å². The summed E-state index contributed by atoms with van der Waals surface area (Å²) >= 11 is 6.03. The summed E-state index contributed by atoms with van der Waals surface area (Å²) in [6.45, 7) is 4.10. The molecule has 3 rings (SSSR count). The minimum atomic E-state index is 0.0349. The molecule has 5 heteroatoms. The second kappa shape index (κ2) is 5.34. The molecule has 4 nitrogen and oxygen atoms in total. The normalized spacial score (nSPS) is 20.7. The number of carbonyl (C=O) groups excluding carboxylic acids is 2. The highest BCUT2D eigenvalue weighted by Crippen LogP contribution is 2.37. The van der Waals surface area contributed by atoms with E-state index in [1.165, 1.54) is 0 Å². The molecule has 2 heterocycles. The van der Waals surface area contributed by atoms with Crippen LogP contribution >= 0.6 is 11.6 Å². The maximum Gasteiger partial charge on any atom is 0.253 e. The van der Waals surface area contributed by atoms with Crippen LogP contribution in [0.15, 0.2) is 18.2 Å². The molecule has 2 saturated heterocycles. The second-order valence-electron chi connectivity index (χ2n) is 6.26. The van der Waals surface area contributed by atoms with Crippen molar-refractivity contribution in [1.82, 2.24) is 10.2 Å². The predicted molar refractivity (Wildman–Crippen MR) is 81.4 cm³/mol. The van der Waals surface area contributed by atoms with Gasteiger partial charge in [0.1, 0.15) is 0 Å². The third-order valence-corrected chi connectivity index (χ3v) is 4.81. The molecule has 2 amide bonds. The number of carbonyl (C=O) groups is 2. The zero-order valence-electron chi connectivity index (χ0n) is 12.1. The molecule has 0 atom stereocenters. The summed E-state index contributed by atoms with van der Waals surface area (Å²) in [5, 5.41) is 3.51. The molecule has 0 saturated carbocycles. The highest BCUT2D eigenvalue weighted by Gasteiger charge is 2.41. The summed E-state index contributed by atoms with van der Waals surface area (Å²) in [6.07, 6.45) is 2.37. The Kier molecular flexibility index (Phi) is 3.66. The first kappa shape index (κ1) is 14.4. The highest BCUT2D eigenvalue weighted by molar-refractivity contribution is 6.31. The van der Waals surface area contributed by atoms with Crippen LogP contribution in [-0.4, -0.2) is 36.3 Å². The van der Waals surface area contributed by atoms with E-state index in [1.54, 1.807) is 6.07 Å². The van der Waals surface area contributed by atoms with Gasteiger partial charge in [-0.25, -0.2) is 0 Å². The molecule has 1 aromatic carbocycles. The molecule has 112 valence electrons. The number of piperidine rings is 1. The van der Waals surface area contributed by atoms with Crippen LogP contribution in [0, 0.1) is 12.3 Å². The van der Waals surface area contributed by atoms with Crippen molar-refractivity contribution in [3.63, 3.8) is 0 Å². The Morgan fingerprint density at radius 3 is 2.57 bits per heavy atom. The monoisotopic (exact) mass is 306 g/mol. The predicted octanol–water partition coefficient (Wildman–Crippen LogP) is 2.39. The Balaban J connectivity index is 1.69. The molecule has 0 aromatic heterocycles. The molecule has 0 aliphatic carbocycles. The summed E-state index contributed by atoms with van der Waals surface area (Å²) in [7, 11) is 0. The Morgan fingerprint density at radius 2 is 2.00 bits per heavy atom. The number of hydrogen-bond acceptors (Lipinski definition) is 2. The summed E-state index contributed by atoms with van der Waals surface area (Å²) < 4.78 is 0. The summed E-state index contributed by atoms with van der Waals surface area (Å²) in [4.78, 5) is 25.9. The molecule has 1 spiro atoms. The number of benzene rings is 1. The van der Waals surface area contributed by atoms with E-state index in [0.717, 1.165) is 24.9 Å². The van der Waals surface area contributed by atoms with Crippen molar-refractivity contribution in [2.24, 2.45) is 5.41 Å². The van der Waals surface area contributed by atoms with Crippen molar-refractivity contribution in [1.29, 1.82) is 0 Å². The van der Waals surface area contributed by atoms with Crippen molar-refractivity contribution >= 4 is 23.4 Å². The largest absolute Gasteiger partial charge is 0.356 e. The van der Waals surface area contributed by atoms with Gasteiger partial charge in [-0.3, -0.25) is 9.59 Å². The number of aryl methyl sites for hydroxylation is 1. The van der Waals surface area contributed by atoms with Gasteiger partial charge >= 0.3 is 0 Å². The number of nitrogens with one attached hydrogen (secondary N) is 1. The van der Waals surface area contributed by atoms with E-state index in [0.29, 0.717) is 30.1 Å². The first-order chi connectivity index (χ1) is 9.97. The van der Waals surface area contributed by atoms with Gasteiger partial charge < -0.3 is 10.2 Å². The van der Waals surface area contributed by atoms with Crippen molar-refractivity contribution in [2.45, 2.75) is 26.2 Å². The van der Waals surface area contributed by atoms with Crippen LogP contribution in [0.3, 0.4) is 0 Å². The first-order valence-corrected chi connectivity index (χ1v) is 7.68. The Hall–Kier alpha value is -1.55. The smallest absolute Gasteiger partial charge is 0.253 e. The van der Waals surface area contributed by atoms with Gasteiger partial charge in [-0.2, -0.15) is 0 Å². The fraction of sp³-hybridized carbons (Fsp3) is 0.500. The molecule has 2 fully saturated rings. The van der Waals surface area contributed by atoms with Gasteiger partial charge in [0.2, 0.25) is 5.91 Å². The van der Waals surface area contributed by atoms with Gasteiger partial charge in [0.25, 0.3) is 5.91 Å². The van der Waals surface area contributed by atoms with E-state index >= 15 is 0 Å². The molecule has 2 aliphatic heterocycles. The van der Waals surface area contributed by atoms with Crippen LogP contribution in [0.2, 0.25) is 5.02 Å². The van der Waals surface area contributed by atoms with Crippen molar-refractivity contribution in [2.75, 3.05) is 19.6 Å². The zero-order valence-corrected chi connectivity index (χ0v) is 12.9. The maximum atomic E-state index is 12.6. The summed E-state index contributed by atoms with van der Waals surface area (Å²) in [6, 6.07) is 5.44. The van der Waals surface area contributed by atoms with E-state index in [-0.39, 0.29) is 17.2 Å². The molecule has 0 radical (unpaired) electrons. The fourth-order valence-corrected chi connectivity index (χ4v) is 3.62. The van der Waals surface area contributed by atoms with Crippen LogP contribution in [0.25, 0.3) is 0 Å². The molecule has 21 heavy (non-hydrogen) atoms. The standard InChI is InChI=1S/C16H19ClN2O2/c1-11-6-12(8-13(17)7-11)15(21)19-4-2-16(3-5-19)9-14(20)18-10-16/h6-8H,2-5,9-10H2,1H3,(H,18,20). The molecule has 1 N–H and O–H groups in total. The lowest BCUT2D eigenvalue weighted by Gasteiger charge is -2.38. The van der Waals surface area contributed by atoms with Crippen LogP contribution in [0.1, 0.15) is 35.2 Å². The lowest BCUT2D eigenvalue weighted by Crippen LogP contribution is -2.44. The topological polar surface area (TPSA) is 49.4 Å². The minimum absolute atomic E-state index is 0.0349. The van der Waals surface area contributed by atoms with E-state index in [4.69, 9.17) is 11.6 Å². The van der Waals surface area contributed by atoms with Crippen LogP contribution in [0.4, 0.5) is 0 Å². The number of nitrogens with zero attached hydrogens (tertiary/aromatic N) is 1. The number of halogens is 1. The molecule has 0 bridgehead atoms. The van der Waals surface area contributed by atoms with Gasteiger partial charge in [0.15, 0.2) is 0 Å². The average Bonchev–Trinajstić information content (AvgIpc) is 2.79. The van der Waals surface area contributed by atoms with Gasteiger partial charge in [-0.15, -0.1) is 0 Å². The third kappa shape index (κ3) is 2.91. The van der Waals surface area contributed by atoms with Gasteiger partial charge in [-0.05, 0) is 48.9 Å². The van der Waals surface area contributed by atoms with Crippen LogP contribution in [-0.2, 0) is 4.79 Å². The lowest BCUT2D eigenvalue weighted by atomic mass is 9.77. The number of rotatable bonds is 1. The summed E-state index contributed by atoms with van der Waals surface area (Å²) in [5.41, 5.74) is 1.71. The molecule has 2 aliphatic rings. The molecular weight excluding hydrogens is 288 g/mol. The second-order valence-corrected chi connectivity index (χ2v) is 6.70. The van der Waals surface area contributed by atoms with Crippen LogP contribution in [0.5, 0.6) is 0 Å². The lowest BCUT2D eigenvalue weighted by molar-refractivity contribution is -0.119. The molecular formula is C16H19ClN2O2. The highest BCUT2D eigenvalue weighted by atomic mass is 35.5. The van der Waals surface area contributed by atoms with E-state index < -0.39 is 0 Å². The Labute approximate surface area is 129 Å². The quantitative estimate of drug-likeness (QED) is 0.866. The van der Waals surface area contributed by atoms with Gasteiger partial charge in [0.05, 0.1) is 0 Å². The summed E-state index contributed by atoms with van der Waals surface area (Å²) in [5.74, 6) is 0.174. The van der Waals surface area contributed by atoms with Crippen molar-refractivity contribution < 1.29 is 9.59 Å². The minimum Gasteiger partial charge on any atom is -0.356 e.